The largest absolute Gasteiger partial charge is 0.497 e. The molecule has 1 fully saturated rings. The summed E-state index contributed by atoms with van der Waals surface area (Å²) >= 11 is 0. The molecule has 1 aliphatic heterocycles. The fourth-order valence-electron chi connectivity index (χ4n) is 4.07. The van der Waals surface area contributed by atoms with Gasteiger partial charge in [-0.05, 0) is 73.2 Å². The molecule has 5 rings (SSSR count). The van der Waals surface area contributed by atoms with Crippen molar-refractivity contribution in [1.82, 2.24) is 10.1 Å². The molecule has 8 nitrogen and oxygen atoms in total. The molecule has 1 saturated heterocycles. The number of benzene rings is 3. The summed E-state index contributed by atoms with van der Waals surface area (Å²) in [4.78, 5) is 31.5. The summed E-state index contributed by atoms with van der Waals surface area (Å²) in [7, 11) is 1.61. The summed E-state index contributed by atoms with van der Waals surface area (Å²) in [6, 6.07) is 22.3. The number of nitrogens with one attached hydrogen (secondary N) is 1. The van der Waals surface area contributed by atoms with Crippen molar-refractivity contribution in [3.05, 3.63) is 78.4 Å². The van der Waals surface area contributed by atoms with E-state index in [2.05, 4.69) is 15.5 Å². The zero-order chi connectivity index (χ0) is 24.4. The third-order valence-corrected chi connectivity index (χ3v) is 5.98. The molecule has 0 bridgehead atoms. The standard InChI is InChI=1S/C27H24N4O4/c1-17-4-3-5-22(14-17)31-16-20(15-24(31)32)26(33)28-21-10-6-19(7-11-21)27-29-25(30-35-27)18-8-12-23(34-2)13-9-18/h3-14,20H,15-16H2,1-2H3,(H,28,33)/t20-/m0/s1. The summed E-state index contributed by atoms with van der Waals surface area (Å²) < 4.78 is 10.6. The number of carbonyl (C=O) groups excluding carboxylic acids is 2. The Morgan fingerprint density at radius 2 is 1.80 bits per heavy atom. The van der Waals surface area contributed by atoms with Crippen LogP contribution in [0.3, 0.4) is 0 Å². The lowest BCUT2D eigenvalue weighted by Gasteiger charge is -2.17. The van der Waals surface area contributed by atoms with E-state index in [9.17, 15) is 9.59 Å². The molecule has 176 valence electrons. The Hall–Kier alpha value is -4.46. The van der Waals surface area contributed by atoms with Crippen LogP contribution in [0.25, 0.3) is 22.8 Å². The molecule has 3 aromatic carbocycles. The van der Waals surface area contributed by atoms with Gasteiger partial charge in [-0.2, -0.15) is 4.98 Å². The topological polar surface area (TPSA) is 97.6 Å². The number of amides is 2. The van der Waals surface area contributed by atoms with Crippen LogP contribution in [0.4, 0.5) is 11.4 Å². The number of aromatic nitrogens is 2. The summed E-state index contributed by atoms with van der Waals surface area (Å²) in [5, 5.41) is 6.96. The molecule has 0 radical (unpaired) electrons. The van der Waals surface area contributed by atoms with Crippen molar-refractivity contribution in [2.24, 2.45) is 5.92 Å². The number of anilines is 2. The predicted octanol–water partition coefficient (Wildman–Crippen LogP) is 4.71. The molecule has 35 heavy (non-hydrogen) atoms. The van der Waals surface area contributed by atoms with Crippen LogP contribution in [0.15, 0.2) is 77.3 Å². The molecule has 0 aliphatic carbocycles. The van der Waals surface area contributed by atoms with Gasteiger partial charge < -0.3 is 19.5 Å². The van der Waals surface area contributed by atoms with Crippen molar-refractivity contribution in [3.63, 3.8) is 0 Å². The molecule has 2 heterocycles. The van der Waals surface area contributed by atoms with Crippen molar-refractivity contribution < 1.29 is 18.8 Å². The smallest absolute Gasteiger partial charge is 0.258 e. The van der Waals surface area contributed by atoms with Gasteiger partial charge >= 0.3 is 0 Å². The molecule has 1 atom stereocenters. The van der Waals surface area contributed by atoms with Crippen molar-refractivity contribution in [3.8, 4) is 28.6 Å². The zero-order valence-corrected chi connectivity index (χ0v) is 19.4. The Morgan fingerprint density at radius 3 is 2.51 bits per heavy atom. The summed E-state index contributed by atoms with van der Waals surface area (Å²) in [6.07, 6.45) is 0.188. The second kappa shape index (κ2) is 9.42. The maximum atomic E-state index is 12.8. The highest BCUT2D eigenvalue weighted by Gasteiger charge is 2.35. The average molecular weight is 469 g/mol. The first-order valence-electron chi connectivity index (χ1n) is 11.3. The van der Waals surface area contributed by atoms with Gasteiger partial charge in [0.25, 0.3) is 5.89 Å². The average Bonchev–Trinajstić information content (AvgIpc) is 3.52. The van der Waals surface area contributed by atoms with E-state index in [1.807, 2.05) is 55.5 Å². The van der Waals surface area contributed by atoms with E-state index in [0.29, 0.717) is 23.9 Å². The van der Waals surface area contributed by atoms with Crippen LogP contribution < -0.4 is 15.0 Å². The van der Waals surface area contributed by atoms with Crippen LogP contribution >= 0.6 is 0 Å². The Morgan fingerprint density at radius 1 is 1.06 bits per heavy atom. The molecule has 8 heteroatoms. The number of ether oxygens (including phenoxy) is 1. The molecule has 1 aromatic heterocycles. The number of nitrogens with zero attached hydrogens (tertiary/aromatic N) is 3. The Balaban J connectivity index is 1.23. The molecular formula is C27H24N4O4. The minimum Gasteiger partial charge on any atom is -0.497 e. The van der Waals surface area contributed by atoms with Crippen LogP contribution in [0.1, 0.15) is 12.0 Å². The lowest BCUT2D eigenvalue weighted by atomic mass is 10.1. The SMILES string of the molecule is COc1ccc(-c2noc(-c3ccc(NC(=O)[C@H]4CC(=O)N(c5cccc(C)c5)C4)cc3)n2)cc1. The number of methoxy groups -OCH3 is 1. The van der Waals surface area contributed by atoms with Gasteiger partial charge in [-0.1, -0.05) is 17.3 Å². The zero-order valence-electron chi connectivity index (χ0n) is 19.4. The highest BCUT2D eigenvalue weighted by Crippen LogP contribution is 2.28. The first kappa shape index (κ1) is 22.3. The molecule has 1 N–H and O–H groups in total. The number of aryl methyl sites for hydroxylation is 1. The Bertz CT molecular complexity index is 1360. The third kappa shape index (κ3) is 4.77. The molecule has 1 aliphatic rings. The summed E-state index contributed by atoms with van der Waals surface area (Å²) in [5.74, 6) is 0.967. The highest BCUT2D eigenvalue weighted by molar-refractivity contribution is 6.03. The maximum Gasteiger partial charge on any atom is 0.258 e. The Kier molecular flexibility index (Phi) is 6.01. The minimum absolute atomic E-state index is 0.0462. The van der Waals surface area contributed by atoms with Gasteiger partial charge in [0.1, 0.15) is 5.75 Å². The van der Waals surface area contributed by atoms with E-state index in [-0.39, 0.29) is 18.2 Å². The summed E-state index contributed by atoms with van der Waals surface area (Å²) in [6.45, 7) is 2.34. The highest BCUT2D eigenvalue weighted by atomic mass is 16.5. The van der Waals surface area contributed by atoms with Crippen LogP contribution in [0.5, 0.6) is 5.75 Å². The number of hydrogen-bond donors (Lipinski definition) is 1. The maximum absolute atomic E-state index is 12.8. The monoisotopic (exact) mass is 468 g/mol. The fourth-order valence-corrected chi connectivity index (χ4v) is 4.07. The van der Waals surface area contributed by atoms with Crippen LogP contribution in [0.2, 0.25) is 0 Å². The fraction of sp³-hybridized carbons (Fsp3) is 0.185. The van der Waals surface area contributed by atoms with Crippen molar-refractivity contribution >= 4 is 23.2 Å². The molecular weight excluding hydrogens is 444 g/mol. The molecule has 4 aromatic rings. The quantitative estimate of drug-likeness (QED) is 0.440. The van der Waals surface area contributed by atoms with Gasteiger partial charge in [0.15, 0.2) is 0 Å². The number of rotatable bonds is 6. The van der Waals surface area contributed by atoms with Gasteiger partial charge in [-0.3, -0.25) is 9.59 Å². The van der Waals surface area contributed by atoms with Crippen molar-refractivity contribution in [2.75, 3.05) is 23.9 Å². The van der Waals surface area contributed by atoms with Crippen molar-refractivity contribution in [2.45, 2.75) is 13.3 Å². The second-order valence-corrected chi connectivity index (χ2v) is 8.46. The molecule has 0 unspecified atom stereocenters. The number of hydrogen-bond acceptors (Lipinski definition) is 6. The van der Waals surface area contributed by atoms with E-state index < -0.39 is 5.92 Å². The minimum atomic E-state index is -0.411. The first-order chi connectivity index (χ1) is 17.0. The molecule has 0 saturated carbocycles. The lowest BCUT2D eigenvalue weighted by molar-refractivity contribution is -0.122. The van der Waals surface area contributed by atoms with Crippen LogP contribution in [-0.2, 0) is 9.59 Å². The van der Waals surface area contributed by atoms with Crippen LogP contribution in [0, 0.1) is 12.8 Å². The van der Waals surface area contributed by atoms with E-state index in [1.54, 1.807) is 36.3 Å². The summed E-state index contributed by atoms with van der Waals surface area (Å²) in [5.41, 5.74) is 4.08. The lowest BCUT2D eigenvalue weighted by Crippen LogP contribution is -2.28. The van der Waals surface area contributed by atoms with Crippen LogP contribution in [-0.4, -0.2) is 35.6 Å². The third-order valence-electron chi connectivity index (χ3n) is 5.98. The normalized spacial score (nSPS) is 15.3. The molecule has 0 spiro atoms. The second-order valence-electron chi connectivity index (χ2n) is 8.46. The first-order valence-corrected chi connectivity index (χ1v) is 11.3. The predicted molar refractivity (Wildman–Crippen MR) is 132 cm³/mol. The number of carbonyl (C=O) groups is 2. The van der Waals surface area contributed by atoms with Crippen molar-refractivity contribution in [1.29, 1.82) is 0 Å². The van der Waals surface area contributed by atoms with Gasteiger partial charge in [0.05, 0.1) is 13.0 Å². The van der Waals surface area contributed by atoms with Gasteiger partial charge in [0.2, 0.25) is 17.6 Å². The van der Waals surface area contributed by atoms with E-state index in [0.717, 1.165) is 28.1 Å². The molecule has 2 amide bonds. The van der Waals surface area contributed by atoms with Gasteiger partial charge in [-0.25, -0.2) is 0 Å². The van der Waals surface area contributed by atoms with E-state index >= 15 is 0 Å². The van der Waals surface area contributed by atoms with Gasteiger partial charge in [0, 0.05) is 35.5 Å². The van der Waals surface area contributed by atoms with E-state index in [4.69, 9.17) is 9.26 Å². The Labute approximate surface area is 202 Å². The van der Waals surface area contributed by atoms with Gasteiger partial charge in [-0.15, -0.1) is 0 Å². The van der Waals surface area contributed by atoms with E-state index in [1.165, 1.54) is 0 Å².